The van der Waals surface area contributed by atoms with E-state index in [1.54, 1.807) is 38.3 Å². The van der Waals surface area contributed by atoms with Gasteiger partial charge in [-0.3, -0.25) is 14.5 Å². The van der Waals surface area contributed by atoms with E-state index in [1.807, 2.05) is 24.3 Å². The van der Waals surface area contributed by atoms with Crippen LogP contribution in [0.25, 0.3) is 6.08 Å². The number of nitrogens with one attached hydrogen (secondary N) is 1. The Balaban J connectivity index is 1.93. The minimum atomic E-state index is -0.341. The molecule has 6 nitrogen and oxygen atoms in total. The van der Waals surface area contributed by atoms with Gasteiger partial charge in [-0.05, 0) is 35.9 Å². The lowest BCUT2D eigenvalue weighted by atomic mass is 10.2. The zero-order chi connectivity index (χ0) is 20.3. The van der Waals surface area contributed by atoms with Crippen LogP contribution in [-0.4, -0.2) is 28.4 Å². The Kier molecular flexibility index (Phi) is 6.01. The highest BCUT2D eigenvalue weighted by atomic mass is 32.2. The van der Waals surface area contributed by atoms with Crippen molar-refractivity contribution >= 4 is 57.6 Å². The Bertz CT molecular complexity index is 988. The van der Waals surface area contributed by atoms with Crippen molar-refractivity contribution in [3.63, 3.8) is 0 Å². The number of thiocarbonyl (C=S) groups is 1. The van der Waals surface area contributed by atoms with E-state index in [-0.39, 0.29) is 35.4 Å². The molecule has 1 heterocycles. The standard InChI is InChI=1S/C20H18N2O4S2/c1-3-17(23)21-14-8-5-9-15(18(14)24)22-19(25)16(28-20(22)27)11-12-6-4-7-13(10-12)26-2/h4-11,24H,3H2,1-2H3,(H,21,23)/b16-11-. The molecule has 3 rings (SSSR count). The van der Waals surface area contributed by atoms with Crippen molar-refractivity contribution in [3.05, 3.63) is 52.9 Å². The number of amides is 2. The molecule has 0 radical (unpaired) electrons. The van der Waals surface area contributed by atoms with Crippen molar-refractivity contribution in [2.75, 3.05) is 17.3 Å². The molecular formula is C20H18N2O4S2. The van der Waals surface area contributed by atoms with Gasteiger partial charge in [0.15, 0.2) is 10.1 Å². The summed E-state index contributed by atoms with van der Waals surface area (Å²) in [4.78, 5) is 26.3. The van der Waals surface area contributed by atoms with Crippen molar-refractivity contribution in [1.29, 1.82) is 0 Å². The predicted octanol–water partition coefficient (Wildman–Crippen LogP) is 4.16. The summed E-state index contributed by atoms with van der Waals surface area (Å²) < 4.78 is 5.50. The van der Waals surface area contributed by atoms with E-state index in [2.05, 4.69) is 5.32 Å². The molecule has 0 atom stereocenters. The number of thioether (sulfide) groups is 1. The highest BCUT2D eigenvalue weighted by molar-refractivity contribution is 8.27. The van der Waals surface area contributed by atoms with Gasteiger partial charge in [-0.1, -0.05) is 49.1 Å². The molecule has 28 heavy (non-hydrogen) atoms. The number of aromatic hydroxyl groups is 1. The van der Waals surface area contributed by atoms with Crippen molar-refractivity contribution in [1.82, 2.24) is 0 Å². The molecule has 2 amide bonds. The van der Waals surface area contributed by atoms with Gasteiger partial charge in [0.2, 0.25) is 5.91 Å². The second kappa shape index (κ2) is 8.45. The quantitative estimate of drug-likeness (QED) is 0.435. The Labute approximate surface area is 172 Å². The van der Waals surface area contributed by atoms with Crippen LogP contribution >= 0.6 is 24.0 Å². The highest BCUT2D eigenvalue weighted by Crippen LogP contribution is 2.42. The number of hydrogen-bond donors (Lipinski definition) is 2. The molecule has 144 valence electrons. The summed E-state index contributed by atoms with van der Waals surface area (Å²) in [7, 11) is 1.58. The van der Waals surface area contributed by atoms with E-state index in [0.717, 1.165) is 17.3 Å². The van der Waals surface area contributed by atoms with Crippen LogP contribution in [0, 0.1) is 0 Å². The van der Waals surface area contributed by atoms with Gasteiger partial charge >= 0.3 is 0 Å². The van der Waals surface area contributed by atoms with Crippen LogP contribution in [0.1, 0.15) is 18.9 Å². The molecule has 8 heteroatoms. The second-order valence-electron chi connectivity index (χ2n) is 5.87. The average molecular weight is 415 g/mol. The predicted molar refractivity (Wildman–Crippen MR) is 116 cm³/mol. The van der Waals surface area contributed by atoms with E-state index in [0.29, 0.717) is 15.0 Å². The van der Waals surface area contributed by atoms with Crippen LogP contribution in [0.15, 0.2) is 47.4 Å². The second-order valence-corrected chi connectivity index (χ2v) is 7.54. The van der Waals surface area contributed by atoms with Crippen molar-refractivity contribution in [2.45, 2.75) is 13.3 Å². The van der Waals surface area contributed by atoms with E-state index >= 15 is 0 Å². The Morgan fingerprint density at radius 1 is 1.32 bits per heavy atom. The summed E-state index contributed by atoms with van der Waals surface area (Å²) in [5.74, 6) is -0.104. The third-order valence-electron chi connectivity index (χ3n) is 4.04. The number of methoxy groups -OCH3 is 1. The maximum Gasteiger partial charge on any atom is 0.270 e. The fourth-order valence-electron chi connectivity index (χ4n) is 2.61. The van der Waals surface area contributed by atoms with Crippen LogP contribution in [0.4, 0.5) is 11.4 Å². The average Bonchev–Trinajstić information content (AvgIpc) is 2.96. The number of carbonyl (C=O) groups excluding carboxylic acids is 2. The van der Waals surface area contributed by atoms with E-state index in [4.69, 9.17) is 17.0 Å². The summed E-state index contributed by atoms with van der Waals surface area (Å²) in [6.07, 6.45) is 2.00. The van der Waals surface area contributed by atoms with Crippen molar-refractivity contribution in [2.24, 2.45) is 0 Å². The Morgan fingerprint density at radius 2 is 2.07 bits per heavy atom. The van der Waals surface area contributed by atoms with Gasteiger partial charge < -0.3 is 15.2 Å². The lowest BCUT2D eigenvalue weighted by Crippen LogP contribution is -2.27. The smallest absolute Gasteiger partial charge is 0.270 e. The normalized spacial score (nSPS) is 15.2. The van der Waals surface area contributed by atoms with E-state index < -0.39 is 0 Å². The number of para-hydroxylation sites is 1. The fraction of sp³-hybridized carbons (Fsp3) is 0.150. The van der Waals surface area contributed by atoms with Crippen molar-refractivity contribution < 1.29 is 19.4 Å². The first-order valence-corrected chi connectivity index (χ1v) is 9.71. The molecule has 1 fully saturated rings. The van der Waals surface area contributed by atoms with Gasteiger partial charge in [0.25, 0.3) is 5.91 Å². The SMILES string of the molecule is CCC(=O)Nc1cccc(N2C(=O)/C(=C/c3cccc(OC)c3)SC2=S)c1O. The van der Waals surface area contributed by atoms with Crippen LogP contribution in [-0.2, 0) is 9.59 Å². The first-order chi connectivity index (χ1) is 13.4. The number of carbonyl (C=O) groups is 2. The lowest BCUT2D eigenvalue weighted by molar-refractivity contribution is -0.116. The first kappa shape index (κ1) is 19.9. The molecule has 1 aliphatic rings. The number of phenols is 1. The number of ether oxygens (including phenoxy) is 1. The van der Waals surface area contributed by atoms with E-state index in [9.17, 15) is 14.7 Å². The molecular weight excluding hydrogens is 396 g/mol. The topological polar surface area (TPSA) is 78.9 Å². The number of rotatable bonds is 5. The van der Waals surface area contributed by atoms with Gasteiger partial charge in [0, 0.05) is 6.42 Å². The molecule has 0 bridgehead atoms. The van der Waals surface area contributed by atoms with Crippen LogP contribution < -0.4 is 15.0 Å². The Morgan fingerprint density at radius 3 is 2.79 bits per heavy atom. The molecule has 0 aliphatic carbocycles. The van der Waals surface area contributed by atoms with Crippen LogP contribution in [0.3, 0.4) is 0 Å². The molecule has 0 aromatic heterocycles. The minimum Gasteiger partial charge on any atom is -0.504 e. The number of phenolic OH excluding ortho intramolecular Hbond substituents is 1. The molecule has 0 spiro atoms. The third kappa shape index (κ3) is 4.02. The minimum absolute atomic E-state index is 0.205. The molecule has 1 aliphatic heterocycles. The molecule has 2 N–H and O–H groups in total. The summed E-state index contributed by atoms with van der Waals surface area (Å²) in [6.45, 7) is 1.71. The molecule has 2 aromatic carbocycles. The van der Waals surface area contributed by atoms with Crippen molar-refractivity contribution in [3.8, 4) is 11.5 Å². The summed E-state index contributed by atoms with van der Waals surface area (Å²) >= 11 is 6.51. The van der Waals surface area contributed by atoms with Crippen LogP contribution in [0.2, 0.25) is 0 Å². The maximum atomic E-state index is 12.9. The number of anilines is 2. The number of benzene rings is 2. The van der Waals surface area contributed by atoms with Gasteiger partial charge in [0.05, 0.1) is 23.4 Å². The highest BCUT2D eigenvalue weighted by Gasteiger charge is 2.35. The Hall–Kier alpha value is -2.84. The van der Waals surface area contributed by atoms with Crippen LogP contribution in [0.5, 0.6) is 11.5 Å². The zero-order valence-corrected chi connectivity index (χ0v) is 16.9. The molecule has 2 aromatic rings. The monoisotopic (exact) mass is 414 g/mol. The van der Waals surface area contributed by atoms with Gasteiger partial charge in [-0.2, -0.15) is 0 Å². The summed E-state index contributed by atoms with van der Waals surface area (Å²) in [5.41, 5.74) is 1.26. The molecule has 0 saturated carbocycles. The van der Waals surface area contributed by atoms with Gasteiger partial charge in [-0.15, -0.1) is 0 Å². The van der Waals surface area contributed by atoms with Gasteiger partial charge in [0.1, 0.15) is 5.75 Å². The lowest BCUT2D eigenvalue weighted by Gasteiger charge is -2.18. The third-order valence-corrected chi connectivity index (χ3v) is 5.34. The largest absolute Gasteiger partial charge is 0.504 e. The summed E-state index contributed by atoms with van der Waals surface area (Å²) in [5, 5.41) is 13.2. The number of hydrogen-bond acceptors (Lipinski definition) is 6. The maximum absolute atomic E-state index is 12.9. The first-order valence-electron chi connectivity index (χ1n) is 8.48. The molecule has 0 unspecified atom stereocenters. The summed E-state index contributed by atoms with van der Waals surface area (Å²) in [6, 6.07) is 12.1. The zero-order valence-electron chi connectivity index (χ0n) is 15.3. The van der Waals surface area contributed by atoms with E-state index in [1.165, 1.54) is 4.90 Å². The fourth-order valence-corrected chi connectivity index (χ4v) is 3.89. The molecule has 1 saturated heterocycles. The van der Waals surface area contributed by atoms with Gasteiger partial charge in [-0.25, -0.2) is 0 Å². The number of nitrogens with zero attached hydrogens (tertiary/aromatic N) is 1.